The molecule has 2 heterocycles. The molecule has 6 heteroatoms. The maximum absolute atomic E-state index is 14.6. The van der Waals surface area contributed by atoms with Crippen LogP contribution in [-0.4, -0.2) is 46.7 Å². The van der Waals surface area contributed by atoms with Crippen LogP contribution in [0.5, 0.6) is 0 Å². The zero-order valence-corrected chi connectivity index (χ0v) is 17.1. The minimum Gasteiger partial charge on any atom is -0.295 e. The second-order valence-corrected chi connectivity index (χ2v) is 8.23. The van der Waals surface area contributed by atoms with E-state index in [2.05, 4.69) is 14.8 Å². The molecule has 31 heavy (non-hydrogen) atoms. The van der Waals surface area contributed by atoms with Gasteiger partial charge in [-0.2, -0.15) is 0 Å². The highest BCUT2D eigenvalue weighted by Gasteiger charge is 2.52. The summed E-state index contributed by atoms with van der Waals surface area (Å²) in [7, 11) is 0. The Morgan fingerprint density at radius 1 is 0.935 bits per heavy atom. The lowest BCUT2D eigenvalue weighted by Crippen LogP contribution is -2.58. The number of hydrogen-bond donors (Lipinski definition) is 0. The number of benzene rings is 2. The maximum atomic E-state index is 14.6. The number of pyridine rings is 1. The Kier molecular flexibility index (Phi) is 5.12. The van der Waals surface area contributed by atoms with E-state index in [0.717, 1.165) is 25.3 Å². The second kappa shape index (κ2) is 7.94. The molecule has 0 amide bonds. The monoisotopic (exact) mass is 419 g/mol. The fourth-order valence-corrected chi connectivity index (χ4v) is 4.94. The van der Waals surface area contributed by atoms with Crippen LogP contribution in [0.25, 0.3) is 0 Å². The predicted molar refractivity (Wildman–Crippen MR) is 114 cm³/mol. The van der Waals surface area contributed by atoms with Gasteiger partial charge in [0.15, 0.2) is 5.78 Å². The molecular weight excluding hydrogens is 396 g/mol. The van der Waals surface area contributed by atoms with Gasteiger partial charge in [-0.25, -0.2) is 8.78 Å². The van der Waals surface area contributed by atoms with E-state index in [-0.39, 0.29) is 18.0 Å². The highest BCUT2D eigenvalue weighted by Crippen LogP contribution is 2.44. The lowest BCUT2D eigenvalue weighted by Gasteiger charge is -2.45. The van der Waals surface area contributed by atoms with E-state index in [4.69, 9.17) is 0 Å². The summed E-state index contributed by atoms with van der Waals surface area (Å²) in [5, 5.41) is 0. The van der Waals surface area contributed by atoms with Crippen molar-refractivity contribution in [1.29, 1.82) is 0 Å². The third kappa shape index (κ3) is 3.46. The first-order valence-electron chi connectivity index (χ1n) is 10.5. The molecule has 1 fully saturated rings. The average molecular weight is 419 g/mol. The van der Waals surface area contributed by atoms with Crippen LogP contribution in [0, 0.1) is 11.6 Å². The van der Waals surface area contributed by atoms with Crippen molar-refractivity contribution in [1.82, 2.24) is 14.8 Å². The van der Waals surface area contributed by atoms with Crippen molar-refractivity contribution in [2.24, 2.45) is 0 Å². The summed E-state index contributed by atoms with van der Waals surface area (Å²) < 4.78 is 28.8. The van der Waals surface area contributed by atoms with Gasteiger partial charge in [0.1, 0.15) is 17.2 Å². The topological polar surface area (TPSA) is 36.4 Å². The van der Waals surface area contributed by atoms with Crippen molar-refractivity contribution in [3.05, 3.63) is 101 Å². The first-order valence-corrected chi connectivity index (χ1v) is 10.5. The van der Waals surface area contributed by atoms with Crippen molar-refractivity contribution in [3.8, 4) is 0 Å². The number of carbonyl (C=O) groups is 1. The molecule has 2 aliphatic rings. The molecule has 1 aliphatic heterocycles. The van der Waals surface area contributed by atoms with Crippen LogP contribution in [0.15, 0.2) is 66.9 Å². The Labute approximate surface area is 180 Å². The lowest BCUT2D eigenvalue weighted by molar-refractivity contribution is 0.0283. The van der Waals surface area contributed by atoms with Gasteiger partial charge in [-0.05, 0) is 35.9 Å². The highest BCUT2D eigenvalue weighted by molar-refractivity contribution is 6.08. The maximum Gasteiger partial charge on any atom is 0.188 e. The fourth-order valence-electron chi connectivity index (χ4n) is 4.94. The number of fused-ring (bicyclic) bond motifs is 1. The van der Waals surface area contributed by atoms with Crippen LogP contribution in [0.4, 0.5) is 8.78 Å². The van der Waals surface area contributed by atoms with Gasteiger partial charge >= 0.3 is 0 Å². The average Bonchev–Trinajstić information content (AvgIpc) is 3.10. The standard InChI is InChI=1S/C25H23F2N3O/c26-19-6-3-5-18(15-19)25(16-22-21(24(25)31)8-4-9-23(22)27)30-13-11-29(12-14-30)17-20-7-1-2-10-28-20/h1-10,15H,11-14,16-17H2. The zero-order valence-electron chi connectivity index (χ0n) is 17.1. The molecule has 0 radical (unpaired) electrons. The Balaban J connectivity index is 1.46. The summed E-state index contributed by atoms with van der Waals surface area (Å²) in [4.78, 5) is 22.5. The summed E-state index contributed by atoms with van der Waals surface area (Å²) in [6.45, 7) is 3.50. The van der Waals surface area contributed by atoms with Crippen LogP contribution >= 0.6 is 0 Å². The van der Waals surface area contributed by atoms with Gasteiger partial charge in [0.05, 0.1) is 5.69 Å². The number of Topliss-reactive ketones (excluding diaryl/α,β-unsaturated/α-hetero) is 1. The zero-order chi connectivity index (χ0) is 21.4. The number of ketones is 1. The molecule has 1 aliphatic carbocycles. The van der Waals surface area contributed by atoms with Gasteiger partial charge < -0.3 is 0 Å². The first-order chi connectivity index (χ1) is 15.1. The van der Waals surface area contributed by atoms with Crippen molar-refractivity contribution in [3.63, 3.8) is 0 Å². The Morgan fingerprint density at radius 2 is 1.74 bits per heavy atom. The summed E-state index contributed by atoms with van der Waals surface area (Å²) in [5.74, 6) is -0.918. The molecule has 0 spiro atoms. The van der Waals surface area contributed by atoms with E-state index in [1.807, 2.05) is 18.2 Å². The van der Waals surface area contributed by atoms with Crippen LogP contribution < -0.4 is 0 Å². The molecule has 1 saturated heterocycles. The van der Waals surface area contributed by atoms with Crippen molar-refractivity contribution < 1.29 is 13.6 Å². The number of nitrogens with zero attached hydrogens (tertiary/aromatic N) is 3. The van der Waals surface area contributed by atoms with Crippen LogP contribution in [0.1, 0.15) is 27.2 Å². The minimum atomic E-state index is -1.08. The molecule has 1 atom stereocenters. The molecule has 0 saturated carbocycles. The van der Waals surface area contributed by atoms with Gasteiger partial charge in [-0.15, -0.1) is 0 Å². The summed E-state index contributed by atoms with van der Waals surface area (Å²) in [6, 6.07) is 16.7. The van der Waals surface area contributed by atoms with E-state index in [0.29, 0.717) is 29.8 Å². The quantitative estimate of drug-likeness (QED) is 0.645. The molecule has 0 N–H and O–H groups in total. The second-order valence-electron chi connectivity index (χ2n) is 8.23. The summed E-state index contributed by atoms with van der Waals surface area (Å²) in [6.07, 6.45) is 2.00. The molecule has 3 aromatic rings. The largest absolute Gasteiger partial charge is 0.295 e. The van der Waals surface area contributed by atoms with Crippen LogP contribution in [0.3, 0.4) is 0 Å². The Bertz CT molecular complexity index is 1110. The molecule has 4 nitrogen and oxygen atoms in total. The Morgan fingerprint density at radius 3 is 2.45 bits per heavy atom. The third-order valence-corrected chi connectivity index (χ3v) is 6.50. The number of rotatable bonds is 4. The molecule has 0 bridgehead atoms. The minimum absolute atomic E-state index is 0.147. The fraction of sp³-hybridized carbons (Fsp3) is 0.280. The summed E-state index contributed by atoms with van der Waals surface area (Å²) in [5.41, 5.74) is 1.34. The lowest BCUT2D eigenvalue weighted by atomic mass is 9.83. The van der Waals surface area contributed by atoms with Crippen LogP contribution in [0.2, 0.25) is 0 Å². The van der Waals surface area contributed by atoms with Gasteiger partial charge in [-0.3, -0.25) is 19.6 Å². The molecule has 1 unspecified atom stereocenters. The van der Waals surface area contributed by atoms with E-state index in [1.54, 1.807) is 30.5 Å². The normalized spacial score (nSPS) is 21.9. The van der Waals surface area contributed by atoms with E-state index >= 15 is 0 Å². The number of aromatic nitrogens is 1. The predicted octanol–water partition coefficient (Wildman–Crippen LogP) is 3.81. The van der Waals surface area contributed by atoms with Gasteiger partial charge in [0.2, 0.25) is 0 Å². The molecule has 5 rings (SSSR count). The van der Waals surface area contributed by atoms with Gasteiger partial charge in [-0.1, -0.05) is 30.3 Å². The number of halogens is 2. The van der Waals surface area contributed by atoms with Gasteiger partial charge in [0, 0.05) is 56.5 Å². The van der Waals surface area contributed by atoms with Crippen molar-refractivity contribution in [2.75, 3.05) is 26.2 Å². The number of piperazine rings is 1. The van der Waals surface area contributed by atoms with Crippen molar-refractivity contribution in [2.45, 2.75) is 18.5 Å². The Hall–Kier alpha value is -2.96. The molecule has 158 valence electrons. The molecule has 2 aromatic carbocycles. The summed E-state index contributed by atoms with van der Waals surface area (Å²) >= 11 is 0. The number of carbonyl (C=O) groups excluding carboxylic acids is 1. The highest BCUT2D eigenvalue weighted by atomic mass is 19.1. The number of hydrogen-bond acceptors (Lipinski definition) is 4. The van der Waals surface area contributed by atoms with Crippen molar-refractivity contribution >= 4 is 5.78 Å². The first kappa shape index (κ1) is 20.0. The van der Waals surface area contributed by atoms with Crippen LogP contribution in [-0.2, 0) is 18.5 Å². The third-order valence-electron chi connectivity index (χ3n) is 6.50. The SMILES string of the molecule is O=C1c2cccc(F)c2CC1(c1cccc(F)c1)N1CCN(Cc2ccccn2)CC1. The molecular formula is C25H23F2N3O. The van der Waals surface area contributed by atoms with Gasteiger partial charge in [0.25, 0.3) is 0 Å². The van der Waals surface area contributed by atoms with E-state index < -0.39 is 11.4 Å². The van der Waals surface area contributed by atoms with E-state index in [9.17, 15) is 13.6 Å². The molecule has 1 aromatic heterocycles. The van der Waals surface area contributed by atoms with E-state index in [1.165, 1.54) is 18.2 Å². The smallest absolute Gasteiger partial charge is 0.188 e.